The van der Waals surface area contributed by atoms with Crippen LogP contribution in [0.4, 0.5) is 0 Å². The molecule has 1 aromatic heterocycles. The molecule has 1 aromatic carbocycles. The predicted octanol–water partition coefficient (Wildman–Crippen LogP) is 3.12. The lowest BCUT2D eigenvalue weighted by Crippen LogP contribution is -1.94. The van der Waals surface area contributed by atoms with Gasteiger partial charge >= 0.3 is 0 Å². The third-order valence-electron chi connectivity index (χ3n) is 2.54. The van der Waals surface area contributed by atoms with E-state index in [-0.39, 0.29) is 5.88 Å². The van der Waals surface area contributed by atoms with E-state index in [1.54, 1.807) is 14.2 Å². The second kappa shape index (κ2) is 5.41. The highest BCUT2D eigenvalue weighted by atomic mass is 32.1. The number of nitrogens with one attached hydrogen (secondary N) is 1. The number of H-pyrrole nitrogens is 1. The summed E-state index contributed by atoms with van der Waals surface area (Å²) in [4.78, 5) is 3.49. The van der Waals surface area contributed by atoms with Crippen molar-refractivity contribution in [2.45, 2.75) is 6.42 Å². The van der Waals surface area contributed by atoms with E-state index < -0.39 is 0 Å². The summed E-state index contributed by atoms with van der Waals surface area (Å²) in [6.45, 7) is 0. The fraction of sp³-hybridized carbons (Fsp3) is 0.250. The highest BCUT2D eigenvalue weighted by Crippen LogP contribution is 2.30. The lowest BCUT2D eigenvalue weighted by atomic mass is 10.1. The summed E-state index contributed by atoms with van der Waals surface area (Å²) in [6, 6.07) is 5.57. The van der Waals surface area contributed by atoms with Gasteiger partial charge in [-0.1, -0.05) is 0 Å². The second-order valence-electron chi connectivity index (χ2n) is 3.64. The highest BCUT2D eigenvalue weighted by molar-refractivity contribution is 7.73. The van der Waals surface area contributed by atoms with Crippen molar-refractivity contribution < 1.29 is 14.6 Å². The molecule has 0 amide bonds. The summed E-state index contributed by atoms with van der Waals surface area (Å²) >= 11 is 6.35. The summed E-state index contributed by atoms with van der Waals surface area (Å²) in [5.41, 5.74) is 0.942. The normalized spacial score (nSPS) is 10.3. The van der Waals surface area contributed by atoms with Crippen LogP contribution in [-0.2, 0) is 6.42 Å². The Bertz CT molecular complexity index is 604. The molecule has 18 heavy (non-hydrogen) atoms. The average molecular weight is 283 g/mol. The molecule has 0 bridgehead atoms. The average Bonchev–Trinajstić information content (AvgIpc) is 2.67. The maximum Gasteiger partial charge on any atom is 0.203 e. The van der Waals surface area contributed by atoms with Crippen LogP contribution in [0.25, 0.3) is 0 Å². The van der Waals surface area contributed by atoms with E-state index in [0.29, 0.717) is 10.4 Å². The number of thiazole rings is 1. The SMILES string of the molecule is COc1ccc(OC)c(Cc2sc(=S)[nH]c2O)c1. The van der Waals surface area contributed by atoms with E-state index in [1.807, 2.05) is 18.2 Å². The van der Waals surface area contributed by atoms with Gasteiger partial charge in [-0.15, -0.1) is 11.3 Å². The fourth-order valence-electron chi connectivity index (χ4n) is 1.66. The number of benzene rings is 1. The van der Waals surface area contributed by atoms with Crippen molar-refractivity contribution in [3.8, 4) is 17.4 Å². The van der Waals surface area contributed by atoms with Crippen LogP contribution < -0.4 is 9.47 Å². The van der Waals surface area contributed by atoms with Crippen molar-refractivity contribution in [2.24, 2.45) is 0 Å². The fourth-order valence-corrected chi connectivity index (χ4v) is 2.81. The predicted molar refractivity (Wildman–Crippen MR) is 73.5 cm³/mol. The van der Waals surface area contributed by atoms with Crippen molar-refractivity contribution in [3.63, 3.8) is 0 Å². The monoisotopic (exact) mass is 283 g/mol. The van der Waals surface area contributed by atoms with E-state index in [1.165, 1.54) is 11.3 Å². The molecular formula is C12H13NO3S2. The zero-order chi connectivity index (χ0) is 13.1. The molecule has 0 saturated carbocycles. The number of aromatic amines is 1. The minimum atomic E-state index is 0.120. The first-order valence-corrected chi connectivity index (χ1v) is 6.48. The van der Waals surface area contributed by atoms with Gasteiger partial charge in [0.25, 0.3) is 0 Å². The van der Waals surface area contributed by atoms with Crippen molar-refractivity contribution >= 4 is 23.6 Å². The number of methoxy groups -OCH3 is 2. The van der Waals surface area contributed by atoms with E-state index >= 15 is 0 Å². The Balaban J connectivity index is 2.37. The molecule has 0 aliphatic rings. The topological polar surface area (TPSA) is 54.5 Å². The second-order valence-corrected chi connectivity index (χ2v) is 5.41. The molecule has 0 aliphatic heterocycles. The van der Waals surface area contributed by atoms with Gasteiger partial charge in [-0.05, 0) is 30.4 Å². The Morgan fingerprint density at radius 2 is 2.11 bits per heavy atom. The van der Waals surface area contributed by atoms with Crippen LogP contribution in [0, 0.1) is 3.95 Å². The third kappa shape index (κ3) is 2.65. The quantitative estimate of drug-likeness (QED) is 0.847. The number of hydrogen-bond acceptors (Lipinski definition) is 5. The van der Waals surface area contributed by atoms with E-state index in [2.05, 4.69) is 4.98 Å². The minimum Gasteiger partial charge on any atom is -0.497 e. The van der Waals surface area contributed by atoms with Gasteiger partial charge in [-0.3, -0.25) is 0 Å². The van der Waals surface area contributed by atoms with Gasteiger partial charge in [-0.2, -0.15) is 0 Å². The van der Waals surface area contributed by atoms with Crippen molar-refractivity contribution in [2.75, 3.05) is 14.2 Å². The molecule has 0 saturated heterocycles. The number of ether oxygens (including phenoxy) is 2. The Labute approximate surface area is 114 Å². The van der Waals surface area contributed by atoms with E-state index in [0.717, 1.165) is 21.9 Å². The van der Waals surface area contributed by atoms with Crippen LogP contribution in [-0.4, -0.2) is 24.3 Å². The largest absolute Gasteiger partial charge is 0.497 e. The number of rotatable bonds is 4. The molecule has 0 aliphatic carbocycles. The van der Waals surface area contributed by atoms with Crippen LogP contribution in [0.1, 0.15) is 10.4 Å². The number of aromatic hydroxyl groups is 1. The Morgan fingerprint density at radius 1 is 1.33 bits per heavy atom. The molecule has 6 heteroatoms. The van der Waals surface area contributed by atoms with Gasteiger partial charge in [0, 0.05) is 12.0 Å². The summed E-state index contributed by atoms with van der Waals surface area (Å²) < 4.78 is 11.0. The molecule has 0 radical (unpaired) electrons. The number of hydrogen-bond donors (Lipinski definition) is 2. The van der Waals surface area contributed by atoms with Gasteiger partial charge < -0.3 is 19.6 Å². The molecule has 2 aromatic rings. The minimum absolute atomic E-state index is 0.120. The Kier molecular flexibility index (Phi) is 3.88. The van der Waals surface area contributed by atoms with Crippen molar-refractivity contribution in [1.29, 1.82) is 0 Å². The zero-order valence-corrected chi connectivity index (χ0v) is 11.7. The first-order valence-electron chi connectivity index (χ1n) is 5.26. The molecule has 2 rings (SSSR count). The highest BCUT2D eigenvalue weighted by Gasteiger charge is 2.11. The molecule has 0 spiro atoms. The van der Waals surface area contributed by atoms with E-state index in [9.17, 15) is 5.11 Å². The van der Waals surface area contributed by atoms with E-state index in [4.69, 9.17) is 21.7 Å². The standard InChI is InChI=1S/C12H13NO3S2/c1-15-8-3-4-9(16-2)7(5-8)6-10-11(14)13-12(17)18-10/h3-5,14H,6H2,1-2H3,(H,13,17). The van der Waals surface area contributed by atoms with Gasteiger partial charge in [0.05, 0.1) is 19.1 Å². The van der Waals surface area contributed by atoms with Crippen LogP contribution in [0.15, 0.2) is 18.2 Å². The Morgan fingerprint density at radius 3 is 2.67 bits per heavy atom. The molecule has 0 fully saturated rings. The zero-order valence-electron chi connectivity index (χ0n) is 10.0. The van der Waals surface area contributed by atoms with Gasteiger partial charge in [0.2, 0.25) is 5.88 Å². The maximum atomic E-state index is 9.70. The molecule has 96 valence electrons. The van der Waals surface area contributed by atoms with Gasteiger partial charge in [0.1, 0.15) is 11.5 Å². The van der Waals surface area contributed by atoms with Gasteiger partial charge in [0.15, 0.2) is 3.95 Å². The molecule has 2 N–H and O–H groups in total. The summed E-state index contributed by atoms with van der Waals surface area (Å²) in [7, 11) is 3.23. The van der Waals surface area contributed by atoms with Crippen LogP contribution in [0.3, 0.4) is 0 Å². The third-order valence-corrected chi connectivity index (χ3v) is 3.76. The summed E-state index contributed by atoms with van der Waals surface area (Å²) in [5.74, 6) is 1.63. The van der Waals surface area contributed by atoms with Crippen LogP contribution >= 0.6 is 23.6 Å². The van der Waals surface area contributed by atoms with Crippen molar-refractivity contribution in [1.82, 2.24) is 4.98 Å². The maximum absolute atomic E-state index is 9.70. The Hall–Kier alpha value is -1.53. The first-order chi connectivity index (χ1) is 8.63. The van der Waals surface area contributed by atoms with Crippen LogP contribution in [0.2, 0.25) is 0 Å². The van der Waals surface area contributed by atoms with Crippen LogP contribution in [0.5, 0.6) is 17.4 Å². The first kappa shape index (κ1) is 12.9. The smallest absolute Gasteiger partial charge is 0.203 e. The molecule has 4 nitrogen and oxygen atoms in total. The molecule has 1 heterocycles. The number of aromatic nitrogens is 1. The summed E-state index contributed by atoms with van der Waals surface area (Å²) in [5, 5.41) is 9.70. The molecular weight excluding hydrogens is 270 g/mol. The summed E-state index contributed by atoms with van der Waals surface area (Å²) in [6.07, 6.45) is 0.546. The lowest BCUT2D eigenvalue weighted by Gasteiger charge is -2.09. The molecule has 0 unspecified atom stereocenters. The molecule has 0 atom stereocenters. The van der Waals surface area contributed by atoms with Gasteiger partial charge in [-0.25, -0.2) is 0 Å². The lowest BCUT2D eigenvalue weighted by molar-refractivity contribution is 0.399. The van der Waals surface area contributed by atoms with Crippen molar-refractivity contribution in [3.05, 3.63) is 32.6 Å².